The van der Waals surface area contributed by atoms with E-state index in [4.69, 9.17) is 11.5 Å². The van der Waals surface area contributed by atoms with Crippen LogP contribution >= 0.6 is 11.8 Å². The van der Waals surface area contributed by atoms with Crippen LogP contribution in [0.3, 0.4) is 0 Å². The van der Waals surface area contributed by atoms with Gasteiger partial charge in [-0.15, -0.1) is 22.0 Å². The highest BCUT2D eigenvalue weighted by Gasteiger charge is 2.63. The minimum Gasteiger partial charge on any atom is -0.399 e. The number of nitrogens with one attached hydrogen (secondary N) is 2. The molecule has 0 radical (unpaired) electrons. The van der Waals surface area contributed by atoms with Gasteiger partial charge >= 0.3 is 0 Å². The smallest absolute Gasteiger partial charge is 0.249 e. The Hall–Kier alpha value is -2.66. The number of rotatable bonds is 4. The zero-order chi connectivity index (χ0) is 19.3. The fourth-order valence-electron chi connectivity index (χ4n) is 3.55. The van der Waals surface area contributed by atoms with E-state index < -0.39 is 18.0 Å². The molecule has 2 aliphatic heterocycles. The molecule has 0 aliphatic carbocycles. The first-order chi connectivity index (χ1) is 12.8. The summed E-state index contributed by atoms with van der Waals surface area (Å²) in [7, 11) is 0. The number of nitrogen functional groups attached to an aromatic ring is 1. The first-order valence-electron chi connectivity index (χ1n) is 8.44. The van der Waals surface area contributed by atoms with E-state index in [1.54, 1.807) is 40.9 Å². The quantitative estimate of drug-likeness (QED) is 0.411. The summed E-state index contributed by atoms with van der Waals surface area (Å²) in [6.45, 7) is 4.03. The van der Waals surface area contributed by atoms with Crippen molar-refractivity contribution in [3.63, 3.8) is 0 Å². The Kier molecular flexibility index (Phi) is 4.07. The van der Waals surface area contributed by atoms with Gasteiger partial charge in [-0.1, -0.05) is 17.3 Å². The van der Waals surface area contributed by atoms with Gasteiger partial charge in [0.1, 0.15) is 23.5 Å². The van der Waals surface area contributed by atoms with Crippen molar-refractivity contribution in [2.24, 2.45) is 5.73 Å². The Labute approximate surface area is 159 Å². The van der Waals surface area contributed by atoms with Gasteiger partial charge in [-0.25, -0.2) is 0 Å². The van der Waals surface area contributed by atoms with Crippen LogP contribution in [0.5, 0.6) is 0 Å². The van der Waals surface area contributed by atoms with Crippen LogP contribution < -0.4 is 16.8 Å². The van der Waals surface area contributed by atoms with Crippen LogP contribution in [0.4, 0.5) is 5.69 Å². The van der Waals surface area contributed by atoms with Gasteiger partial charge in [0, 0.05) is 10.4 Å². The summed E-state index contributed by atoms with van der Waals surface area (Å²) in [6, 6.07) is 4.96. The molecule has 142 valence electrons. The second kappa shape index (κ2) is 6.20. The second-order valence-electron chi connectivity index (χ2n) is 7.16. The van der Waals surface area contributed by atoms with Gasteiger partial charge in [0.2, 0.25) is 11.8 Å². The minimum atomic E-state index is -0.875. The highest BCUT2D eigenvalue weighted by atomic mass is 32.2. The lowest BCUT2D eigenvalue weighted by atomic mass is 9.95. The van der Waals surface area contributed by atoms with Gasteiger partial charge in [-0.2, -0.15) is 5.21 Å². The Morgan fingerprint density at radius 2 is 2.07 bits per heavy atom. The SMILES string of the molecule is CC1(C)S[C@@H]2C(NC(=O)[C@H](N)c3ccc(N)cc3)C(=O)N2C1c1nn[nH]n1. The van der Waals surface area contributed by atoms with E-state index in [0.717, 1.165) is 0 Å². The molecule has 4 atom stereocenters. The van der Waals surface area contributed by atoms with Crippen LogP contribution in [-0.2, 0) is 9.59 Å². The van der Waals surface area contributed by atoms with E-state index in [2.05, 4.69) is 25.9 Å². The summed E-state index contributed by atoms with van der Waals surface area (Å²) in [4.78, 5) is 27.0. The first-order valence-corrected chi connectivity index (χ1v) is 9.32. The van der Waals surface area contributed by atoms with Crippen molar-refractivity contribution in [1.82, 2.24) is 30.8 Å². The molecular formula is C16H20N8O2S. The summed E-state index contributed by atoms with van der Waals surface area (Å²) in [6.07, 6.45) is 0. The number of thioether (sulfide) groups is 1. The van der Waals surface area contributed by atoms with Gasteiger partial charge in [-0.3, -0.25) is 9.59 Å². The number of nitrogens with two attached hydrogens (primary N) is 2. The maximum atomic E-state index is 12.7. The average molecular weight is 388 g/mol. The molecule has 1 aromatic carbocycles. The Morgan fingerprint density at radius 1 is 1.37 bits per heavy atom. The number of carbonyl (C=O) groups is 2. The molecule has 6 N–H and O–H groups in total. The number of hydrogen-bond acceptors (Lipinski definition) is 8. The fourth-order valence-corrected chi connectivity index (χ4v) is 5.18. The third-order valence-electron chi connectivity index (χ3n) is 4.92. The molecule has 11 heteroatoms. The minimum absolute atomic E-state index is 0.175. The molecule has 0 spiro atoms. The van der Waals surface area contributed by atoms with Crippen molar-refractivity contribution in [3.05, 3.63) is 35.7 Å². The summed E-state index contributed by atoms with van der Waals surface area (Å²) < 4.78 is -0.317. The fraction of sp³-hybridized carbons (Fsp3) is 0.438. The number of β-lactam (4-membered cyclic amide) rings is 1. The maximum absolute atomic E-state index is 12.7. The van der Waals surface area contributed by atoms with Gasteiger partial charge in [0.05, 0.1) is 0 Å². The number of nitrogens with zero attached hydrogens (tertiary/aromatic N) is 4. The van der Waals surface area contributed by atoms with Crippen molar-refractivity contribution >= 4 is 29.3 Å². The van der Waals surface area contributed by atoms with E-state index in [1.807, 2.05) is 13.8 Å². The van der Waals surface area contributed by atoms with Crippen LogP contribution in [0.2, 0.25) is 0 Å². The maximum Gasteiger partial charge on any atom is 0.249 e. The molecule has 2 fully saturated rings. The van der Waals surface area contributed by atoms with Crippen molar-refractivity contribution in [2.45, 2.75) is 42.1 Å². The largest absolute Gasteiger partial charge is 0.399 e. The number of benzene rings is 1. The number of H-pyrrole nitrogens is 1. The van der Waals surface area contributed by atoms with Crippen LogP contribution in [0.15, 0.2) is 24.3 Å². The van der Waals surface area contributed by atoms with Gasteiger partial charge < -0.3 is 21.7 Å². The summed E-state index contributed by atoms with van der Waals surface area (Å²) >= 11 is 1.60. The summed E-state index contributed by atoms with van der Waals surface area (Å²) in [5, 5.41) is 16.7. The third kappa shape index (κ3) is 2.82. The number of aromatic nitrogens is 4. The van der Waals surface area contributed by atoms with Gasteiger partial charge in [0.15, 0.2) is 5.82 Å². The van der Waals surface area contributed by atoms with E-state index in [0.29, 0.717) is 17.1 Å². The number of anilines is 1. The van der Waals surface area contributed by atoms with Crippen LogP contribution in [0, 0.1) is 0 Å². The van der Waals surface area contributed by atoms with E-state index in [-0.39, 0.29) is 22.1 Å². The molecule has 2 aromatic rings. The number of tetrazole rings is 1. The number of fused-ring (bicyclic) bond motifs is 1. The molecule has 0 saturated carbocycles. The topological polar surface area (TPSA) is 156 Å². The molecule has 2 amide bonds. The zero-order valence-electron chi connectivity index (χ0n) is 14.8. The summed E-state index contributed by atoms with van der Waals surface area (Å²) in [5.74, 6) is -0.114. The highest BCUT2D eigenvalue weighted by Crippen LogP contribution is 2.56. The van der Waals surface area contributed by atoms with Crippen molar-refractivity contribution in [3.8, 4) is 0 Å². The molecular weight excluding hydrogens is 368 g/mol. The van der Waals surface area contributed by atoms with Crippen molar-refractivity contribution < 1.29 is 9.59 Å². The molecule has 2 unspecified atom stereocenters. The van der Waals surface area contributed by atoms with Crippen molar-refractivity contribution in [2.75, 3.05) is 5.73 Å². The lowest BCUT2D eigenvalue weighted by Gasteiger charge is -2.44. The lowest BCUT2D eigenvalue weighted by Crippen LogP contribution is -2.68. The Morgan fingerprint density at radius 3 is 2.70 bits per heavy atom. The molecule has 1 aromatic heterocycles. The monoisotopic (exact) mass is 388 g/mol. The molecule has 0 bridgehead atoms. The second-order valence-corrected chi connectivity index (χ2v) is 8.93. The predicted octanol–water partition coefficient (Wildman–Crippen LogP) is -0.298. The standard InChI is InChI=1S/C16H20N8O2S/c1-16(2)11(12-20-22-23-21-12)24-14(26)10(15(24)27-16)19-13(25)9(18)7-3-5-8(17)6-4-7/h3-6,9-11,15H,17-18H2,1-2H3,(H,19,25)(H,20,21,22,23)/t9-,10?,11?,15-/m1/s1. The first kappa shape index (κ1) is 17.7. The summed E-state index contributed by atoms with van der Waals surface area (Å²) in [5.41, 5.74) is 12.9. The van der Waals surface area contributed by atoms with Crippen LogP contribution in [0.25, 0.3) is 0 Å². The Bertz CT molecular complexity index is 869. The number of hydrogen-bond donors (Lipinski definition) is 4. The molecule has 10 nitrogen and oxygen atoms in total. The van der Waals surface area contributed by atoms with E-state index in [9.17, 15) is 9.59 Å². The number of carbonyl (C=O) groups excluding carboxylic acids is 2. The average Bonchev–Trinajstić information content (AvgIpc) is 3.23. The number of aromatic amines is 1. The van der Waals surface area contributed by atoms with E-state index >= 15 is 0 Å². The predicted molar refractivity (Wildman–Crippen MR) is 98.9 cm³/mol. The third-order valence-corrected chi connectivity index (χ3v) is 6.49. The van der Waals surface area contributed by atoms with Crippen molar-refractivity contribution in [1.29, 1.82) is 0 Å². The van der Waals surface area contributed by atoms with E-state index in [1.165, 1.54) is 0 Å². The Balaban J connectivity index is 1.48. The lowest BCUT2D eigenvalue weighted by molar-refractivity contribution is -0.152. The molecule has 2 aliphatic rings. The van der Waals surface area contributed by atoms with Gasteiger partial charge in [0.25, 0.3) is 0 Å². The van der Waals surface area contributed by atoms with Gasteiger partial charge in [-0.05, 0) is 31.5 Å². The molecule has 4 rings (SSSR count). The number of amides is 2. The molecule has 27 heavy (non-hydrogen) atoms. The highest BCUT2D eigenvalue weighted by molar-refractivity contribution is 8.01. The normalized spacial score (nSPS) is 27.0. The molecule has 2 saturated heterocycles. The van der Waals surface area contributed by atoms with Crippen LogP contribution in [0.1, 0.15) is 37.3 Å². The zero-order valence-corrected chi connectivity index (χ0v) is 15.6. The molecule has 3 heterocycles. The van der Waals surface area contributed by atoms with Crippen LogP contribution in [-0.4, -0.2) is 53.5 Å².